The minimum absolute atomic E-state index is 0.0709. The lowest BCUT2D eigenvalue weighted by Crippen LogP contribution is -2.43. The van der Waals surface area contributed by atoms with Crippen LogP contribution in [0.2, 0.25) is 0 Å². The van der Waals surface area contributed by atoms with Gasteiger partial charge in [-0.15, -0.1) is 0 Å². The summed E-state index contributed by atoms with van der Waals surface area (Å²) in [6.45, 7) is 10.8. The molecule has 1 amide bonds. The first-order valence-electron chi connectivity index (χ1n) is 10.7. The molecule has 3 heterocycles. The zero-order valence-corrected chi connectivity index (χ0v) is 18.4. The number of pyridine rings is 1. The van der Waals surface area contributed by atoms with Gasteiger partial charge in [0, 0.05) is 25.3 Å². The molecule has 1 atom stereocenters. The Morgan fingerprint density at radius 2 is 1.97 bits per heavy atom. The van der Waals surface area contributed by atoms with E-state index in [4.69, 9.17) is 0 Å². The van der Waals surface area contributed by atoms with Crippen LogP contribution in [0.15, 0.2) is 24.5 Å². The van der Waals surface area contributed by atoms with Crippen molar-refractivity contribution in [2.45, 2.75) is 58.7 Å². The number of hydrogen-bond donors (Lipinski definition) is 1. The number of alkyl halides is 3. The second-order valence-corrected chi connectivity index (χ2v) is 8.72. The second-order valence-electron chi connectivity index (χ2n) is 8.72. The molecule has 0 spiro atoms. The normalized spacial score (nSPS) is 18.0. The van der Waals surface area contributed by atoms with Crippen molar-refractivity contribution in [3.8, 4) is 5.82 Å². The maximum Gasteiger partial charge on any atom is 0.417 e. The summed E-state index contributed by atoms with van der Waals surface area (Å²) in [5, 5.41) is 7.28. The molecule has 1 unspecified atom stereocenters. The largest absolute Gasteiger partial charge is 0.417 e. The van der Waals surface area contributed by atoms with Gasteiger partial charge >= 0.3 is 6.18 Å². The maximum absolute atomic E-state index is 12.9. The molecule has 1 fully saturated rings. The fourth-order valence-electron chi connectivity index (χ4n) is 4.02. The molecule has 1 aliphatic heterocycles. The van der Waals surface area contributed by atoms with Gasteiger partial charge in [-0.1, -0.05) is 13.8 Å². The molecule has 0 aliphatic carbocycles. The summed E-state index contributed by atoms with van der Waals surface area (Å²) < 4.78 is 39.9. The van der Waals surface area contributed by atoms with Gasteiger partial charge in [0.1, 0.15) is 0 Å². The van der Waals surface area contributed by atoms with Crippen LogP contribution >= 0.6 is 0 Å². The lowest BCUT2D eigenvalue weighted by Gasteiger charge is -2.35. The first-order valence-corrected chi connectivity index (χ1v) is 10.7. The quantitative estimate of drug-likeness (QED) is 0.734. The van der Waals surface area contributed by atoms with Gasteiger partial charge in [-0.2, -0.15) is 18.3 Å². The van der Waals surface area contributed by atoms with Crippen LogP contribution in [0.3, 0.4) is 0 Å². The third-order valence-corrected chi connectivity index (χ3v) is 5.72. The first kappa shape index (κ1) is 23.2. The van der Waals surface area contributed by atoms with Crippen LogP contribution in [0.5, 0.6) is 0 Å². The number of amides is 1. The number of likely N-dealkylation sites (tertiary alicyclic amines) is 1. The zero-order chi connectivity index (χ0) is 22.8. The van der Waals surface area contributed by atoms with E-state index in [0.29, 0.717) is 29.8 Å². The van der Waals surface area contributed by atoms with Gasteiger partial charge in [0.25, 0.3) is 5.91 Å². The molecule has 0 radical (unpaired) electrons. The van der Waals surface area contributed by atoms with Crippen LogP contribution in [0.25, 0.3) is 5.82 Å². The van der Waals surface area contributed by atoms with Crippen molar-refractivity contribution in [1.82, 2.24) is 25.0 Å². The monoisotopic (exact) mass is 437 g/mol. The number of rotatable bonds is 6. The number of nitrogens with zero attached hydrogens (tertiary/aromatic N) is 4. The van der Waals surface area contributed by atoms with Crippen LogP contribution < -0.4 is 5.32 Å². The third-order valence-electron chi connectivity index (χ3n) is 5.72. The topological polar surface area (TPSA) is 63.1 Å². The lowest BCUT2D eigenvalue weighted by atomic mass is 9.96. The fourth-order valence-corrected chi connectivity index (χ4v) is 4.02. The predicted octanol–water partition coefficient (Wildman–Crippen LogP) is 4.26. The van der Waals surface area contributed by atoms with Crippen molar-refractivity contribution in [1.29, 1.82) is 0 Å². The van der Waals surface area contributed by atoms with Gasteiger partial charge in [-0.05, 0) is 57.2 Å². The minimum atomic E-state index is -4.45. The van der Waals surface area contributed by atoms with E-state index in [1.54, 1.807) is 0 Å². The Hall–Kier alpha value is -2.42. The maximum atomic E-state index is 12.9. The van der Waals surface area contributed by atoms with E-state index >= 15 is 0 Å². The van der Waals surface area contributed by atoms with Crippen LogP contribution in [-0.4, -0.2) is 51.2 Å². The van der Waals surface area contributed by atoms with Crippen molar-refractivity contribution < 1.29 is 18.0 Å². The molecule has 1 saturated heterocycles. The summed E-state index contributed by atoms with van der Waals surface area (Å²) in [7, 11) is 0. The molecule has 0 saturated carbocycles. The van der Waals surface area contributed by atoms with E-state index < -0.39 is 11.7 Å². The summed E-state index contributed by atoms with van der Waals surface area (Å²) in [4.78, 5) is 19.3. The Morgan fingerprint density at radius 3 is 2.55 bits per heavy atom. The Bertz CT molecular complexity index is 890. The van der Waals surface area contributed by atoms with Gasteiger partial charge in [0.05, 0.1) is 23.0 Å². The number of hydrogen-bond acceptors (Lipinski definition) is 4. The van der Waals surface area contributed by atoms with Gasteiger partial charge in [0.2, 0.25) is 0 Å². The molecule has 3 rings (SSSR count). The van der Waals surface area contributed by atoms with Gasteiger partial charge < -0.3 is 10.2 Å². The number of aromatic nitrogens is 3. The average molecular weight is 438 g/mol. The standard InChI is InChI=1S/C22H30F3N5O/c1-14(2)20-18(21(31)27-10-16-6-5-9-29(13-16)15(3)4)12-28-30(20)19-8-7-17(11-26-19)22(23,24)25/h7-8,11-12,14-16H,5-6,9-10,13H2,1-4H3,(H,27,31). The predicted molar refractivity (Wildman–Crippen MR) is 112 cm³/mol. The summed E-state index contributed by atoms with van der Waals surface area (Å²) in [6.07, 6.45) is -0.00960. The molecule has 0 aromatic carbocycles. The van der Waals surface area contributed by atoms with Crippen molar-refractivity contribution in [2.24, 2.45) is 5.92 Å². The number of carbonyl (C=O) groups excluding carboxylic acids is 1. The lowest BCUT2D eigenvalue weighted by molar-refractivity contribution is -0.137. The summed E-state index contributed by atoms with van der Waals surface area (Å²) in [5.74, 6) is 0.354. The molecular formula is C22H30F3N5O. The molecule has 2 aromatic heterocycles. The van der Waals surface area contributed by atoms with Gasteiger partial charge in [-0.3, -0.25) is 4.79 Å². The molecule has 1 aliphatic rings. The van der Waals surface area contributed by atoms with E-state index in [2.05, 4.69) is 34.1 Å². The summed E-state index contributed by atoms with van der Waals surface area (Å²) >= 11 is 0. The fraction of sp³-hybridized carbons (Fsp3) is 0.591. The smallest absolute Gasteiger partial charge is 0.352 e. The van der Waals surface area contributed by atoms with E-state index in [1.807, 2.05) is 13.8 Å². The van der Waals surface area contributed by atoms with Gasteiger partial charge in [0.15, 0.2) is 5.82 Å². The highest BCUT2D eigenvalue weighted by atomic mass is 19.4. The Morgan fingerprint density at radius 1 is 1.23 bits per heavy atom. The molecule has 170 valence electrons. The summed E-state index contributed by atoms with van der Waals surface area (Å²) in [6, 6.07) is 2.73. The van der Waals surface area contributed by atoms with E-state index in [9.17, 15) is 18.0 Å². The average Bonchev–Trinajstić information content (AvgIpc) is 3.17. The van der Waals surface area contributed by atoms with E-state index in [1.165, 1.54) is 16.9 Å². The number of carbonyl (C=O) groups is 1. The van der Waals surface area contributed by atoms with Gasteiger partial charge in [-0.25, -0.2) is 9.67 Å². The van der Waals surface area contributed by atoms with Crippen LogP contribution in [-0.2, 0) is 6.18 Å². The van der Waals surface area contributed by atoms with Crippen LogP contribution in [0.4, 0.5) is 13.2 Å². The molecule has 6 nitrogen and oxygen atoms in total. The summed E-state index contributed by atoms with van der Waals surface area (Å²) in [5.41, 5.74) is 0.223. The molecule has 2 aromatic rings. The molecule has 31 heavy (non-hydrogen) atoms. The van der Waals surface area contributed by atoms with Crippen molar-refractivity contribution >= 4 is 5.91 Å². The van der Waals surface area contributed by atoms with E-state index in [0.717, 1.165) is 38.2 Å². The second kappa shape index (κ2) is 9.38. The highest BCUT2D eigenvalue weighted by Gasteiger charge is 2.31. The number of nitrogens with one attached hydrogen (secondary N) is 1. The number of halogens is 3. The molecule has 9 heteroatoms. The molecular weight excluding hydrogens is 407 g/mol. The highest BCUT2D eigenvalue weighted by molar-refractivity contribution is 5.95. The van der Waals surface area contributed by atoms with Crippen LogP contribution in [0.1, 0.15) is 68.1 Å². The Balaban J connectivity index is 1.75. The van der Waals surface area contributed by atoms with Crippen molar-refractivity contribution in [3.05, 3.63) is 41.3 Å². The number of piperidine rings is 1. The van der Waals surface area contributed by atoms with E-state index in [-0.39, 0.29) is 17.6 Å². The SMILES string of the molecule is CC(C)c1c(C(=O)NCC2CCCN(C(C)C)C2)cnn1-c1ccc(C(F)(F)F)cn1. The Kier molecular flexibility index (Phi) is 7.03. The van der Waals surface area contributed by atoms with Crippen molar-refractivity contribution in [2.75, 3.05) is 19.6 Å². The van der Waals surface area contributed by atoms with Crippen LogP contribution in [0, 0.1) is 5.92 Å². The molecule has 0 bridgehead atoms. The van der Waals surface area contributed by atoms with Crippen molar-refractivity contribution in [3.63, 3.8) is 0 Å². The minimum Gasteiger partial charge on any atom is -0.352 e. The third kappa shape index (κ3) is 5.44. The highest BCUT2D eigenvalue weighted by Crippen LogP contribution is 2.29. The Labute approximate surface area is 180 Å². The first-order chi connectivity index (χ1) is 14.6. The zero-order valence-electron chi connectivity index (χ0n) is 18.4. The molecule has 1 N–H and O–H groups in total.